The van der Waals surface area contributed by atoms with E-state index in [9.17, 15) is 9.59 Å². The highest BCUT2D eigenvalue weighted by Crippen LogP contribution is 2.46. The van der Waals surface area contributed by atoms with E-state index >= 15 is 0 Å². The number of aromatic nitrogens is 1. The predicted molar refractivity (Wildman–Crippen MR) is 152 cm³/mol. The number of hydrogen-bond donors (Lipinski definition) is 2. The molecular weight excluding hydrogens is 560 g/mol. The maximum atomic E-state index is 12.9. The first-order chi connectivity index (χ1) is 17.0. The second kappa shape index (κ2) is 11.2. The Morgan fingerprint density at radius 2 is 2.06 bits per heavy atom. The van der Waals surface area contributed by atoms with Crippen LogP contribution in [0, 0.1) is 0 Å². The summed E-state index contributed by atoms with van der Waals surface area (Å²) in [6, 6.07) is 6.46. The molecule has 1 aliphatic rings. The number of hydrogen-bond acceptors (Lipinski definition) is 7. The second-order valence-electron chi connectivity index (χ2n) is 10.1. The fourth-order valence-corrected chi connectivity index (χ4v) is 6.69. The van der Waals surface area contributed by atoms with Gasteiger partial charge in [0.2, 0.25) is 5.91 Å². The van der Waals surface area contributed by atoms with Gasteiger partial charge in [0.05, 0.1) is 16.8 Å². The van der Waals surface area contributed by atoms with Crippen molar-refractivity contribution in [1.29, 1.82) is 0 Å². The number of thiazole rings is 1. The summed E-state index contributed by atoms with van der Waals surface area (Å²) in [5, 5.41) is 8.22. The van der Waals surface area contributed by atoms with Gasteiger partial charge in [0.1, 0.15) is 15.6 Å². The Balaban J connectivity index is 1.63. The number of amides is 2. The van der Waals surface area contributed by atoms with Gasteiger partial charge >= 0.3 is 6.09 Å². The van der Waals surface area contributed by atoms with Crippen LogP contribution in [0.15, 0.2) is 22.7 Å². The normalized spacial score (nSPS) is 14.6. The van der Waals surface area contributed by atoms with Gasteiger partial charge in [0, 0.05) is 40.5 Å². The Morgan fingerprint density at radius 1 is 1.28 bits per heavy atom. The number of ether oxygens (including phenoxy) is 1. The molecule has 3 heterocycles. The minimum Gasteiger partial charge on any atom is -0.444 e. The molecular formula is C26H33BrN4O3S2. The van der Waals surface area contributed by atoms with E-state index in [-0.39, 0.29) is 12.0 Å². The molecule has 1 aromatic carbocycles. The van der Waals surface area contributed by atoms with Gasteiger partial charge in [-0.3, -0.25) is 4.79 Å². The lowest BCUT2D eigenvalue weighted by molar-refractivity contribution is -0.116. The minimum atomic E-state index is -0.546. The van der Waals surface area contributed by atoms with E-state index in [0.717, 1.165) is 47.1 Å². The number of nitrogens with one attached hydrogen (secondary N) is 2. The van der Waals surface area contributed by atoms with Crippen molar-refractivity contribution in [2.75, 3.05) is 18.4 Å². The Bertz CT molecular complexity index is 1260. The Hall–Kier alpha value is -2.01. The number of carbonyl (C=O) groups excluding carboxylic acids is 2. The first-order valence-corrected chi connectivity index (χ1v) is 14.7. The van der Waals surface area contributed by atoms with Crippen molar-refractivity contribution in [2.24, 2.45) is 0 Å². The number of carbonyl (C=O) groups is 2. The average Bonchev–Trinajstić information content (AvgIpc) is 3.36. The predicted octanol–water partition coefficient (Wildman–Crippen LogP) is 6.80. The van der Waals surface area contributed by atoms with E-state index in [2.05, 4.69) is 46.5 Å². The number of nitrogens with zero attached hydrogens (tertiary/aromatic N) is 2. The molecule has 0 fully saturated rings. The van der Waals surface area contributed by atoms with Crippen molar-refractivity contribution < 1.29 is 14.3 Å². The number of anilines is 1. The van der Waals surface area contributed by atoms with Crippen molar-refractivity contribution in [3.63, 3.8) is 0 Å². The Kier molecular flexibility index (Phi) is 8.38. The number of thiophene rings is 1. The second-order valence-corrected chi connectivity index (χ2v) is 13.1. The Labute approximate surface area is 228 Å². The standard InChI is InChI=1S/C26H33BrN4O3S2/c1-6-15(2)28-11-9-21(32)30-24-22(23-29-18-13-16(27)7-8-19(18)35-23)17-10-12-31(14-20(17)36-24)25(33)34-26(3,4)5/h7-8,13,15,28H,6,9-12,14H2,1-5H3,(H,30,32). The maximum Gasteiger partial charge on any atom is 0.410 e. The molecule has 1 atom stereocenters. The molecule has 4 rings (SSSR count). The zero-order chi connectivity index (χ0) is 26.0. The van der Waals surface area contributed by atoms with E-state index in [1.807, 2.05) is 32.9 Å². The smallest absolute Gasteiger partial charge is 0.410 e. The van der Waals surface area contributed by atoms with Crippen LogP contribution in [0.25, 0.3) is 20.8 Å². The SMILES string of the molecule is CCC(C)NCCC(=O)Nc1sc2c(c1-c1nc3cc(Br)ccc3s1)CCN(C(=O)OC(C)(C)C)C2. The lowest BCUT2D eigenvalue weighted by Crippen LogP contribution is -2.39. The van der Waals surface area contributed by atoms with E-state index in [4.69, 9.17) is 9.72 Å². The molecule has 0 saturated carbocycles. The van der Waals surface area contributed by atoms with Crippen molar-refractivity contribution in [1.82, 2.24) is 15.2 Å². The third kappa shape index (κ3) is 6.45. The van der Waals surface area contributed by atoms with Gasteiger partial charge < -0.3 is 20.3 Å². The molecule has 1 aliphatic heterocycles. The van der Waals surface area contributed by atoms with Crippen LogP contribution < -0.4 is 10.6 Å². The first kappa shape index (κ1) is 27.0. The van der Waals surface area contributed by atoms with Crippen molar-refractivity contribution in [3.8, 4) is 10.6 Å². The number of halogens is 1. The molecule has 0 saturated heterocycles. The Morgan fingerprint density at radius 3 is 2.78 bits per heavy atom. The molecule has 0 aliphatic carbocycles. The molecule has 36 heavy (non-hydrogen) atoms. The van der Waals surface area contributed by atoms with Gasteiger partial charge in [0.25, 0.3) is 0 Å². The van der Waals surface area contributed by atoms with Crippen LogP contribution in [0.2, 0.25) is 0 Å². The lowest BCUT2D eigenvalue weighted by Gasteiger charge is -2.30. The van der Waals surface area contributed by atoms with Crippen LogP contribution in [0.1, 0.15) is 57.9 Å². The fourth-order valence-electron chi connectivity index (χ4n) is 3.97. The van der Waals surface area contributed by atoms with E-state index in [0.29, 0.717) is 38.5 Å². The van der Waals surface area contributed by atoms with Crippen LogP contribution in [0.4, 0.5) is 9.80 Å². The van der Waals surface area contributed by atoms with Crippen LogP contribution >= 0.6 is 38.6 Å². The highest BCUT2D eigenvalue weighted by Gasteiger charge is 2.31. The summed E-state index contributed by atoms with van der Waals surface area (Å²) in [7, 11) is 0. The van der Waals surface area contributed by atoms with E-state index in [1.54, 1.807) is 16.2 Å². The highest BCUT2D eigenvalue weighted by molar-refractivity contribution is 9.10. The van der Waals surface area contributed by atoms with E-state index < -0.39 is 5.60 Å². The van der Waals surface area contributed by atoms with Crippen LogP contribution in [-0.4, -0.2) is 46.6 Å². The van der Waals surface area contributed by atoms with Crippen molar-refractivity contribution >= 4 is 65.8 Å². The summed E-state index contributed by atoms with van der Waals surface area (Å²) in [6.45, 7) is 11.5. The van der Waals surface area contributed by atoms with Gasteiger partial charge in [-0.15, -0.1) is 22.7 Å². The molecule has 10 heteroatoms. The molecule has 1 unspecified atom stereocenters. The molecule has 2 aromatic heterocycles. The number of fused-ring (bicyclic) bond motifs is 2. The first-order valence-electron chi connectivity index (χ1n) is 12.3. The van der Waals surface area contributed by atoms with Crippen molar-refractivity contribution in [2.45, 2.75) is 72.1 Å². The zero-order valence-corrected chi connectivity index (χ0v) is 24.6. The summed E-state index contributed by atoms with van der Waals surface area (Å²) in [5.41, 5.74) is 2.52. The molecule has 194 valence electrons. The summed E-state index contributed by atoms with van der Waals surface area (Å²) in [5.74, 6) is -0.0292. The number of benzene rings is 1. The van der Waals surface area contributed by atoms with Gasteiger partial charge in [-0.05, 0) is 64.3 Å². The van der Waals surface area contributed by atoms with Crippen LogP contribution in [-0.2, 0) is 22.5 Å². The summed E-state index contributed by atoms with van der Waals surface area (Å²) in [6.07, 6.45) is 1.79. The summed E-state index contributed by atoms with van der Waals surface area (Å²) >= 11 is 6.69. The molecule has 2 N–H and O–H groups in total. The van der Waals surface area contributed by atoms with Crippen molar-refractivity contribution in [3.05, 3.63) is 33.1 Å². The fraction of sp³-hybridized carbons (Fsp3) is 0.500. The van der Waals surface area contributed by atoms with Gasteiger partial charge in [-0.2, -0.15) is 0 Å². The third-order valence-electron chi connectivity index (χ3n) is 5.98. The molecule has 3 aromatic rings. The van der Waals surface area contributed by atoms with Crippen LogP contribution in [0.3, 0.4) is 0 Å². The number of rotatable bonds is 7. The summed E-state index contributed by atoms with van der Waals surface area (Å²) in [4.78, 5) is 33.3. The average molecular weight is 594 g/mol. The minimum absolute atomic E-state index is 0.0292. The summed E-state index contributed by atoms with van der Waals surface area (Å²) < 4.78 is 7.68. The third-order valence-corrected chi connectivity index (χ3v) is 8.66. The lowest BCUT2D eigenvalue weighted by atomic mass is 10.0. The topological polar surface area (TPSA) is 83.6 Å². The molecule has 0 spiro atoms. The molecule has 2 amide bonds. The molecule has 7 nitrogen and oxygen atoms in total. The maximum absolute atomic E-state index is 12.9. The van der Waals surface area contributed by atoms with Gasteiger partial charge in [0.15, 0.2) is 0 Å². The molecule has 0 bridgehead atoms. The highest BCUT2D eigenvalue weighted by atomic mass is 79.9. The van der Waals surface area contributed by atoms with Crippen LogP contribution in [0.5, 0.6) is 0 Å². The monoisotopic (exact) mass is 592 g/mol. The zero-order valence-electron chi connectivity index (χ0n) is 21.4. The quantitative estimate of drug-likeness (QED) is 0.315. The van der Waals surface area contributed by atoms with Gasteiger partial charge in [-0.25, -0.2) is 9.78 Å². The van der Waals surface area contributed by atoms with E-state index in [1.165, 1.54) is 11.3 Å². The van der Waals surface area contributed by atoms with Gasteiger partial charge in [-0.1, -0.05) is 22.9 Å². The molecule has 0 radical (unpaired) electrons. The largest absolute Gasteiger partial charge is 0.444 e.